The molecule has 0 radical (unpaired) electrons. The topological polar surface area (TPSA) is 68.3 Å². The maximum atomic E-state index is 12.0. The molecule has 0 fully saturated rings. The maximum absolute atomic E-state index is 12.0. The second-order valence-electron chi connectivity index (χ2n) is 4.33. The molecule has 1 aliphatic rings. The number of hydrogen-bond acceptors (Lipinski definition) is 4. The zero-order valence-corrected chi connectivity index (χ0v) is 11.6. The second kappa shape index (κ2) is 5.48. The molecular formula is C14H16O4S. The molecule has 1 rings (SSSR count). The highest BCUT2D eigenvalue weighted by Crippen LogP contribution is 2.29. The monoisotopic (exact) mass is 280 g/mol. The fourth-order valence-electron chi connectivity index (χ4n) is 1.89. The molecule has 0 bridgehead atoms. The first kappa shape index (κ1) is 15.3. The Labute approximate surface area is 113 Å². The molecule has 0 unspecified atom stereocenters. The Morgan fingerprint density at radius 3 is 1.89 bits per heavy atom. The molecule has 0 aromatic carbocycles. The van der Waals surface area contributed by atoms with Crippen LogP contribution in [-0.4, -0.2) is 25.7 Å². The number of rotatable bonds is 6. The van der Waals surface area contributed by atoms with E-state index in [0.29, 0.717) is 0 Å². The second-order valence-corrected chi connectivity index (χ2v) is 6.66. The van der Waals surface area contributed by atoms with E-state index in [1.165, 1.54) is 19.1 Å². The largest absolute Gasteiger partial charge is 0.293 e. The number of Topliss-reactive ketones (excluding diaryl/α,β-unsaturated/α-hetero) is 2. The van der Waals surface area contributed by atoms with Crippen molar-refractivity contribution in [1.29, 1.82) is 0 Å². The molecular weight excluding hydrogens is 264 g/mol. The van der Waals surface area contributed by atoms with Crippen molar-refractivity contribution >= 4 is 21.4 Å². The van der Waals surface area contributed by atoms with Crippen LogP contribution in [0.15, 0.2) is 47.9 Å². The van der Waals surface area contributed by atoms with Gasteiger partial charge in [0.1, 0.15) is 0 Å². The Morgan fingerprint density at radius 1 is 1.16 bits per heavy atom. The fraction of sp³-hybridized carbons (Fsp3) is 0.286. The van der Waals surface area contributed by atoms with E-state index in [2.05, 4.69) is 19.7 Å². The average Bonchev–Trinajstić information content (AvgIpc) is 2.57. The van der Waals surface area contributed by atoms with Gasteiger partial charge in [-0.2, -0.15) is 0 Å². The molecule has 0 aromatic rings. The van der Waals surface area contributed by atoms with E-state index in [9.17, 15) is 18.0 Å². The van der Waals surface area contributed by atoms with Crippen molar-refractivity contribution < 1.29 is 18.0 Å². The van der Waals surface area contributed by atoms with Gasteiger partial charge in [-0.05, 0) is 13.3 Å². The Bertz CT molecular complexity index is 575. The van der Waals surface area contributed by atoms with Crippen molar-refractivity contribution in [3.05, 3.63) is 47.9 Å². The summed E-state index contributed by atoms with van der Waals surface area (Å²) in [6, 6.07) is 0. The standard InChI is InChI=1S/C14H16O4S/c1-5-10-11(6-2)14(16)12(13(10)15)7-8-19(17,18)9(3)4/h5-6,12H,1-3,7-8H2,4H3. The van der Waals surface area contributed by atoms with Crippen LogP contribution in [0, 0.1) is 5.92 Å². The van der Waals surface area contributed by atoms with Crippen molar-refractivity contribution in [3.8, 4) is 0 Å². The summed E-state index contributed by atoms with van der Waals surface area (Å²) >= 11 is 0. The minimum absolute atomic E-state index is 0.0336. The zero-order valence-electron chi connectivity index (χ0n) is 10.8. The predicted molar refractivity (Wildman–Crippen MR) is 74.1 cm³/mol. The molecule has 5 heteroatoms. The van der Waals surface area contributed by atoms with E-state index in [-0.39, 0.29) is 39.8 Å². The Balaban J connectivity index is 2.94. The number of allylic oxidation sites excluding steroid dienone is 5. The van der Waals surface area contributed by atoms with Gasteiger partial charge in [-0.25, -0.2) is 8.42 Å². The molecule has 102 valence electrons. The SMILES string of the molecule is C=CC1=C(C=C)C(=O)C(CCS(=O)(=O)C(=C)C)C1=O. The average molecular weight is 280 g/mol. The molecule has 0 N–H and O–H groups in total. The van der Waals surface area contributed by atoms with E-state index < -0.39 is 15.8 Å². The van der Waals surface area contributed by atoms with E-state index in [4.69, 9.17) is 0 Å². The first-order valence-corrected chi connectivity index (χ1v) is 7.37. The van der Waals surface area contributed by atoms with Crippen molar-refractivity contribution in [2.45, 2.75) is 13.3 Å². The number of hydrogen-bond donors (Lipinski definition) is 0. The molecule has 0 aromatic heterocycles. The number of ketones is 2. The number of carbonyl (C=O) groups excluding carboxylic acids is 2. The molecule has 0 saturated carbocycles. The molecule has 0 amide bonds. The van der Waals surface area contributed by atoms with Gasteiger partial charge < -0.3 is 0 Å². The van der Waals surface area contributed by atoms with Gasteiger partial charge in [0.05, 0.1) is 11.7 Å². The summed E-state index contributed by atoms with van der Waals surface area (Å²) in [5, 5.41) is 0. The van der Waals surface area contributed by atoms with Crippen molar-refractivity contribution in [2.24, 2.45) is 5.92 Å². The first-order chi connectivity index (χ1) is 8.76. The molecule has 0 saturated heterocycles. The van der Waals surface area contributed by atoms with Crippen LogP contribution in [0.4, 0.5) is 0 Å². The van der Waals surface area contributed by atoms with Gasteiger partial charge in [-0.1, -0.05) is 31.9 Å². The van der Waals surface area contributed by atoms with Crippen LogP contribution in [0.1, 0.15) is 13.3 Å². The van der Waals surface area contributed by atoms with Crippen LogP contribution >= 0.6 is 0 Å². The maximum Gasteiger partial charge on any atom is 0.174 e. The summed E-state index contributed by atoms with van der Waals surface area (Å²) in [7, 11) is -3.45. The minimum Gasteiger partial charge on any atom is -0.293 e. The lowest BCUT2D eigenvalue weighted by atomic mass is 9.99. The molecule has 0 aliphatic heterocycles. The molecule has 0 heterocycles. The Morgan fingerprint density at radius 2 is 1.58 bits per heavy atom. The summed E-state index contributed by atoms with van der Waals surface area (Å²) in [5.74, 6) is -1.98. The number of sulfone groups is 1. The summed E-state index contributed by atoms with van der Waals surface area (Å²) in [6.07, 6.45) is 2.58. The highest BCUT2D eigenvalue weighted by molar-refractivity contribution is 7.95. The molecule has 0 spiro atoms. The molecule has 4 nitrogen and oxygen atoms in total. The summed E-state index contributed by atoms with van der Waals surface area (Å²) in [4.78, 5) is 24.0. The van der Waals surface area contributed by atoms with E-state index in [1.807, 2.05) is 0 Å². The van der Waals surface area contributed by atoms with Gasteiger partial charge in [0.25, 0.3) is 0 Å². The molecule has 0 atom stereocenters. The Kier molecular flexibility index (Phi) is 4.42. The lowest BCUT2D eigenvalue weighted by Gasteiger charge is -2.08. The summed E-state index contributed by atoms with van der Waals surface area (Å²) < 4.78 is 23.3. The van der Waals surface area contributed by atoms with Crippen LogP contribution < -0.4 is 0 Å². The van der Waals surface area contributed by atoms with Crippen molar-refractivity contribution in [1.82, 2.24) is 0 Å². The third-order valence-corrected chi connectivity index (χ3v) is 4.90. The first-order valence-electron chi connectivity index (χ1n) is 5.72. The van der Waals surface area contributed by atoms with Crippen LogP contribution in [0.2, 0.25) is 0 Å². The smallest absolute Gasteiger partial charge is 0.174 e. The van der Waals surface area contributed by atoms with E-state index in [1.54, 1.807) is 0 Å². The van der Waals surface area contributed by atoms with Gasteiger partial charge in [0, 0.05) is 16.1 Å². The third-order valence-electron chi connectivity index (χ3n) is 3.07. The quantitative estimate of drug-likeness (QED) is 0.695. The molecule has 19 heavy (non-hydrogen) atoms. The van der Waals surface area contributed by atoms with E-state index in [0.717, 1.165) is 0 Å². The number of carbonyl (C=O) groups is 2. The lowest BCUT2D eigenvalue weighted by Crippen LogP contribution is -2.21. The predicted octanol–water partition coefficient (Wildman–Crippen LogP) is 1.76. The minimum atomic E-state index is -3.45. The summed E-state index contributed by atoms with van der Waals surface area (Å²) in [6.45, 7) is 11.7. The summed E-state index contributed by atoms with van der Waals surface area (Å²) in [5.41, 5.74) is 0.440. The van der Waals surface area contributed by atoms with Crippen LogP contribution in [0.5, 0.6) is 0 Å². The van der Waals surface area contributed by atoms with Crippen molar-refractivity contribution in [2.75, 3.05) is 5.75 Å². The van der Waals surface area contributed by atoms with E-state index >= 15 is 0 Å². The van der Waals surface area contributed by atoms with Gasteiger partial charge in [-0.15, -0.1) is 0 Å². The highest BCUT2D eigenvalue weighted by atomic mass is 32.2. The molecule has 1 aliphatic carbocycles. The van der Waals surface area contributed by atoms with Crippen LogP contribution in [0.3, 0.4) is 0 Å². The fourth-order valence-corrected chi connectivity index (χ4v) is 2.78. The van der Waals surface area contributed by atoms with Crippen LogP contribution in [-0.2, 0) is 19.4 Å². The lowest BCUT2D eigenvalue weighted by molar-refractivity contribution is -0.126. The highest BCUT2D eigenvalue weighted by Gasteiger charge is 2.38. The van der Waals surface area contributed by atoms with Gasteiger partial charge in [-0.3, -0.25) is 9.59 Å². The zero-order chi connectivity index (χ0) is 14.8. The van der Waals surface area contributed by atoms with Crippen LogP contribution in [0.25, 0.3) is 0 Å². The Hall–Kier alpha value is -1.75. The third kappa shape index (κ3) is 2.81. The van der Waals surface area contributed by atoms with Gasteiger partial charge >= 0.3 is 0 Å². The normalized spacial score (nSPS) is 16.9. The van der Waals surface area contributed by atoms with Gasteiger partial charge in [0.15, 0.2) is 21.4 Å². The van der Waals surface area contributed by atoms with Crippen molar-refractivity contribution in [3.63, 3.8) is 0 Å². The van der Waals surface area contributed by atoms with Gasteiger partial charge in [0.2, 0.25) is 0 Å².